The zero-order valence-corrected chi connectivity index (χ0v) is 11.1. The molecule has 5 nitrogen and oxygen atoms in total. The quantitative estimate of drug-likeness (QED) is 0.426. The Hall–Kier alpha value is -1.80. The first kappa shape index (κ1) is 14.3. The summed E-state index contributed by atoms with van der Waals surface area (Å²) in [6, 6.07) is 0. The van der Waals surface area contributed by atoms with Gasteiger partial charge in [-0.05, 0) is 25.9 Å². The fourth-order valence-corrected chi connectivity index (χ4v) is 1.59. The lowest BCUT2D eigenvalue weighted by molar-refractivity contribution is 0.0622. The molecule has 0 aromatic rings. The van der Waals surface area contributed by atoms with Crippen molar-refractivity contribution < 1.29 is 4.74 Å². The second kappa shape index (κ2) is 6.22. The number of rotatable bonds is 5. The first-order chi connectivity index (χ1) is 8.50. The van der Waals surface area contributed by atoms with Gasteiger partial charge in [0.05, 0.1) is 6.61 Å². The van der Waals surface area contributed by atoms with E-state index in [0.29, 0.717) is 25.6 Å². The summed E-state index contributed by atoms with van der Waals surface area (Å²) < 4.78 is 5.42. The minimum atomic E-state index is -0.124. The number of nitrogens with zero attached hydrogens (tertiary/aromatic N) is 3. The third-order valence-electron chi connectivity index (χ3n) is 2.45. The monoisotopic (exact) mass is 249 g/mol. The summed E-state index contributed by atoms with van der Waals surface area (Å²) in [5, 5.41) is 2.85. The Balaban J connectivity index is 2.66. The Morgan fingerprint density at radius 3 is 2.78 bits per heavy atom. The van der Waals surface area contributed by atoms with Crippen molar-refractivity contribution in [2.45, 2.75) is 32.7 Å². The van der Waals surface area contributed by atoms with Gasteiger partial charge in [-0.1, -0.05) is 0 Å². The molecule has 0 fully saturated rings. The maximum absolute atomic E-state index is 10.5. The summed E-state index contributed by atoms with van der Waals surface area (Å²) in [5.41, 5.74) is -0.124. The van der Waals surface area contributed by atoms with Crippen LogP contribution in [0.1, 0.15) is 27.2 Å². The summed E-state index contributed by atoms with van der Waals surface area (Å²) in [7, 11) is 0. The molecule has 0 amide bonds. The van der Waals surface area contributed by atoms with E-state index in [0.717, 1.165) is 0 Å². The van der Waals surface area contributed by atoms with Gasteiger partial charge in [-0.15, -0.1) is 17.3 Å². The number of hydrogen-bond acceptors (Lipinski definition) is 5. The molecular weight excluding hydrogens is 230 g/mol. The average molecular weight is 249 g/mol. The zero-order valence-electron chi connectivity index (χ0n) is 11.1. The first-order valence-electron chi connectivity index (χ1n) is 5.79. The van der Waals surface area contributed by atoms with Crippen LogP contribution in [0.3, 0.4) is 0 Å². The molecule has 1 aliphatic heterocycles. The van der Waals surface area contributed by atoms with Crippen LogP contribution in [-0.2, 0) is 4.74 Å². The standard InChI is InChI=1S/C13H19N3O2/c1-5-6-9-18-11-15-7-8-16(13(2,3)4)12(15)10-14-17/h1,7-8,10H,6,9,11H2,2-4H3/b12-10+. The maximum atomic E-state index is 10.5. The number of nitroso groups, excluding NO2 is 1. The second-order valence-electron chi connectivity index (χ2n) is 4.89. The van der Waals surface area contributed by atoms with Gasteiger partial charge in [-0.25, -0.2) is 0 Å². The predicted molar refractivity (Wildman–Crippen MR) is 70.7 cm³/mol. The Morgan fingerprint density at radius 2 is 2.22 bits per heavy atom. The largest absolute Gasteiger partial charge is 0.360 e. The number of terminal acetylenes is 1. The minimum Gasteiger partial charge on any atom is -0.360 e. The molecule has 0 radical (unpaired) electrons. The lowest BCUT2D eigenvalue weighted by atomic mass is 10.1. The van der Waals surface area contributed by atoms with Gasteiger partial charge in [0.25, 0.3) is 0 Å². The van der Waals surface area contributed by atoms with Crippen LogP contribution in [0.2, 0.25) is 0 Å². The van der Waals surface area contributed by atoms with E-state index in [4.69, 9.17) is 11.2 Å². The molecule has 0 saturated carbocycles. The van der Waals surface area contributed by atoms with Gasteiger partial charge < -0.3 is 14.5 Å². The molecule has 0 aliphatic carbocycles. The smallest absolute Gasteiger partial charge is 0.137 e. The minimum absolute atomic E-state index is 0.124. The Morgan fingerprint density at radius 1 is 1.50 bits per heavy atom. The van der Waals surface area contributed by atoms with Crippen LogP contribution in [0.25, 0.3) is 0 Å². The summed E-state index contributed by atoms with van der Waals surface area (Å²) in [6.07, 6.45) is 10.8. The molecule has 1 heterocycles. The highest BCUT2D eigenvalue weighted by Gasteiger charge is 2.29. The van der Waals surface area contributed by atoms with E-state index >= 15 is 0 Å². The van der Waals surface area contributed by atoms with Crippen LogP contribution in [-0.4, -0.2) is 28.7 Å². The fourth-order valence-electron chi connectivity index (χ4n) is 1.59. The van der Waals surface area contributed by atoms with Gasteiger partial charge >= 0.3 is 0 Å². The molecule has 0 spiro atoms. The fraction of sp³-hybridized carbons (Fsp3) is 0.538. The molecule has 5 heteroatoms. The molecule has 0 aromatic heterocycles. The van der Waals surface area contributed by atoms with Crippen LogP contribution in [0.4, 0.5) is 0 Å². The van der Waals surface area contributed by atoms with Crippen molar-refractivity contribution in [3.8, 4) is 12.3 Å². The van der Waals surface area contributed by atoms with Gasteiger partial charge in [-0.2, -0.15) is 0 Å². The van der Waals surface area contributed by atoms with Crippen molar-refractivity contribution in [2.24, 2.45) is 5.18 Å². The van der Waals surface area contributed by atoms with Crippen LogP contribution in [0.5, 0.6) is 0 Å². The average Bonchev–Trinajstić information content (AvgIpc) is 2.68. The Kier molecular flexibility index (Phi) is 4.93. The van der Waals surface area contributed by atoms with Crippen LogP contribution < -0.4 is 0 Å². The summed E-state index contributed by atoms with van der Waals surface area (Å²) in [6.45, 7) is 7.01. The van der Waals surface area contributed by atoms with Crippen molar-refractivity contribution >= 4 is 0 Å². The molecule has 98 valence electrons. The zero-order chi connectivity index (χ0) is 13.6. The van der Waals surface area contributed by atoms with Gasteiger partial charge in [0.15, 0.2) is 0 Å². The molecule has 18 heavy (non-hydrogen) atoms. The summed E-state index contributed by atoms with van der Waals surface area (Å²) in [4.78, 5) is 14.3. The number of hydrogen-bond donors (Lipinski definition) is 0. The lowest BCUT2D eigenvalue weighted by Crippen LogP contribution is -2.38. The molecule has 0 saturated heterocycles. The predicted octanol–water partition coefficient (Wildman–Crippen LogP) is 2.44. The van der Waals surface area contributed by atoms with Crippen LogP contribution in [0, 0.1) is 17.3 Å². The summed E-state index contributed by atoms with van der Waals surface area (Å²) in [5.74, 6) is 3.21. The van der Waals surface area contributed by atoms with Crippen molar-refractivity contribution in [3.63, 3.8) is 0 Å². The molecule has 1 aliphatic rings. The highest BCUT2D eigenvalue weighted by Crippen LogP contribution is 2.28. The van der Waals surface area contributed by atoms with E-state index in [1.165, 1.54) is 6.20 Å². The molecule has 0 atom stereocenters. The lowest BCUT2D eigenvalue weighted by Gasteiger charge is -2.34. The van der Waals surface area contributed by atoms with E-state index in [-0.39, 0.29) is 5.54 Å². The Labute approximate surface area is 108 Å². The van der Waals surface area contributed by atoms with E-state index in [9.17, 15) is 4.91 Å². The maximum Gasteiger partial charge on any atom is 0.137 e. The highest BCUT2D eigenvalue weighted by molar-refractivity contribution is 5.16. The van der Waals surface area contributed by atoms with Crippen LogP contribution in [0.15, 0.2) is 29.6 Å². The third kappa shape index (κ3) is 3.60. The SMILES string of the molecule is C#CCCOCN1C=CN(C(C)(C)C)/C1=C/N=O. The van der Waals surface area contributed by atoms with Gasteiger partial charge in [-0.3, -0.25) is 0 Å². The molecule has 0 bridgehead atoms. The van der Waals surface area contributed by atoms with Crippen LogP contribution >= 0.6 is 0 Å². The summed E-state index contributed by atoms with van der Waals surface area (Å²) >= 11 is 0. The molecular formula is C13H19N3O2. The second-order valence-corrected chi connectivity index (χ2v) is 4.89. The third-order valence-corrected chi connectivity index (χ3v) is 2.45. The van der Waals surface area contributed by atoms with E-state index in [1.807, 2.05) is 22.2 Å². The molecule has 0 aromatic carbocycles. The highest BCUT2D eigenvalue weighted by atomic mass is 16.5. The van der Waals surface area contributed by atoms with Crippen molar-refractivity contribution in [2.75, 3.05) is 13.3 Å². The van der Waals surface area contributed by atoms with Crippen molar-refractivity contribution in [1.82, 2.24) is 9.80 Å². The first-order valence-corrected chi connectivity index (χ1v) is 5.79. The molecule has 1 rings (SSSR count). The normalized spacial score (nSPS) is 17.3. The van der Waals surface area contributed by atoms with E-state index in [2.05, 4.69) is 31.9 Å². The van der Waals surface area contributed by atoms with E-state index in [1.54, 1.807) is 0 Å². The molecule has 0 N–H and O–H groups in total. The van der Waals surface area contributed by atoms with Gasteiger partial charge in [0.2, 0.25) is 0 Å². The van der Waals surface area contributed by atoms with Crippen molar-refractivity contribution in [3.05, 3.63) is 29.3 Å². The van der Waals surface area contributed by atoms with Gasteiger partial charge in [0.1, 0.15) is 18.8 Å². The van der Waals surface area contributed by atoms with Crippen molar-refractivity contribution in [1.29, 1.82) is 0 Å². The Bertz CT molecular complexity index is 388. The van der Waals surface area contributed by atoms with Gasteiger partial charge in [0, 0.05) is 24.4 Å². The number of ether oxygens (including phenoxy) is 1. The molecule has 0 unspecified atom stereocenters. The topological polar surface area (TPSA) is 45.1 Å². The van der Waals surface area contributed by atoms with E-state index < -0.39 is 0 Å².